The van der Waals surface area contributed by atoms with Crippen LogP contribution in [0.1, 0.15) is 101 Å². The van der Waals surface area contributed by atoms with E-state index < -0.39 is 70.6 Å². The van der Waals surface area contributed by atoms with Crippen LogP contribution in [0.5, 0.6) is 0 Å². The predicted octanol–water partition coefficient (Wildman–Crippen LogP) is 9.56. The summed E-state index contributed by atoms with van der Waals surface area (Å²) < 4.78 is 142. The van der Waals surface area contributed by atoms with E-state index in [0.717, 1.165) is 12.0 Å². The van der Waals surface area contributed by atoms with Crippen molar-refractivity contribution < 1.29 is 72.1 Å². The average molecular weight is 832 g/mol. The Balaban J connectivity index is 0.000000300. The van der Waals surface area contributed by atoms with Crippen molar-refractivity contribution >= 4 is 32.7 Å². The van der Waals surface area contributed by atoms with Crippen LogP contribution < -0.4 is 4.72 Å². The molecule has 0 fully saturated rings. The number of carbonyl (C=O) groups excluding carboxylic acids is 2. The molecule has 4 rings (SSSR count). The maximum atomic E-state index is 12.5. The van der Waals surface area contributed by atoms with Crippen molar-refractivity contribution in [2.24, 2.45) is 5.41 Å². The van der Waals surface area contributed by atoms with Crippen LogP contribution in [0, 0.1) is 5.41 Å². The van der Waals surface area contributed by atoms with Gasteiger partial charge in [-0.2, -0.15) is 39.5 Å². The molecule has 3 unspecified atom stereocenters. The highest BCUT2D eigenvalue weighted by Gasteiger charge is 2.76. The number of halogens is 9. The Morgan fingerprint density at radius 3 is 1.68 bits per heavy atom. The predicted molar refractivity (Wildman–Crippen MR) is 191 cm³/mol. The minimum Gasteiger partial charge on any atom is -0.464 e. The summed E-state index contributed by atoms with van der Waals surface area (Å²) >= 11 is 0. The van der Waals surface area contributed by atoms with Crippen LogP contribution >= 0.6 is 0 Å². The summed E-state index contributed by atoms with van der Waals surface area (Å²) in [4.78, 5) is 22.6. The number of esters is 2. The van der Waals surface area contributed by atoms with Crippen molar-refractivity contribution in [3.63, 3.8) is 0 Å². The number of hydrogen-bond donors (Lipinski definition) is 2. The molecule has 0 aliphatic heterocycles. The number of alkyl halides is 9. The van der Waals surface area contributed by atoms with E-state index in [-0.39, 0.29) is 11.5 Å². The summed E-state index contributed by atoms with van der Waals surface area (Å²) in [5.41, 5.74) is -7.48. The molecule has 1 aliphatic rings. The molecule has 0 bridgehead atoms. The molecule has 8 nitrogen and oxygen atoms in total. The maximum absolute atomic E-state index is 12.5. The summed E-state index contributed by atoms with van der Waals surface area (Å²) in [6.45, 7) is 11.7. The van der Waals surface area contributed by atoms with Crippen molar-refractivity contribution in [3.8, 4) is 0 Å². The highest BCUT2D eigenvalue weighted by molar-refractivity contribution is 7.90. The summed E-state index contributed by atoms with van der Waals surface area (Å²) in [6, 6.07) is 19.5. The van der Waals surface area contributed by atoms with Gasteiger partial charge in [-0.1, -0.05) is 95.3 Å². The molecule has 1 aliphatic carbocycles. The molecule has 3 aromatic carbocycles. The van der Waals surface area contributed by atoms with Crippen molar-refractivity contribution in [2.75, 3.05) is 13.2 Å². The highest BCUT2D eigenvalue weighted by atomic mass is 32.2. The molecule has 3 atom stereocenters. The van der Waals surface area contributed by atoms with Crippen molar-refractivity contribution in [1.29, 1.82) is 0 Å². The van der Waals surface area contributed by atoms with Gasteiger partial charge in [0.1, 0.15) is 13.2 Å². The second kappa shape index (κ2) is 18.6. The molecule has 0 radical (unpaired) electrons. The number of hydrogen-bond acceptors (Lipinski definition) is 7. The molecule has 0 saturated carbocycles. The van der Waals surface area contributed by atoms with Crippen molar-refractivity contribution in [3.05, 3.63) is 82.9 Å². The molecular weight excluding hydrogens is 785 g/mol. The quantitative estimate of drug-likeness (QED) is 0.112. The lowest BCUT2D eigenvalue weighted by Crippen LogP contribution is -2.62. The Morgan fingerprint density at radius 1 is 0.786 bits per heavy atom. The fraction of sp³-hybridized carbons (Fsp3) is 0.526. The Hall–Kier alpha value is -3.90. The van der Waals surface area contributed by atoms with Gasteiger partial charge in [-0.05, 0) is 77.5 Å². The number of aliphatic hydroxyl groups is 1. The van der Waals surface area contributed by atoms with Gasteiger partial charge in [0.15, 0.2) is 0 Å². The third-order valence-electron chi connectivity index (χ3n) is 9.72. The molecule has 314 valence electrons. The fourth-order valence-corrected chi connectivity index (χ4v) is 5.78. The molecule has 0 aromatic heterocycles. The molecule has 2 N–H and O–H groups in total. The lowest BCUT2D eigenvalue weighted by molar-refractivity contribution is -0.357. The zero-order chi connectivity index (χ0) is 43.1. The van der Waals surface area contributed by atoms with E-state index in [1.807, 2.05) is 13.8 Å². The first-order valence-corrected chi connectivity index (χ1v) is 18.9. The zero-order valence-corrected chi connectivity index (χ0v) is 32.6. The average Bonchev–Trinajstić information content (AvgIpc) is 3.37. The lowest BCUT2D eigenvalue weighted by atomic mass is 9.91. The maximum Gasteiger partial charge on any atom is 0.511 e. The van der Waals surface area contributed by atoms with Crippen LogP contribution in [0.25, 0.3) is 10.8 Å². The third kappa shape index (κ3) is 11.4. The Bertz CT molecular complexity index is 1840. The van der Waals surface area contributed by atoms with Crippen LogP contribution in [-0.2, 0) is 35.7 Å². The summed E-state index contributed by atoms with van der Waals surface area (Å²) in [5, 5.41) is 11.8. The fourth-order valence-electron chi connectivity index (χ4n) is 5.26. The molecule has 0 saturated heterocycles. The van der Waals surface area contributed by atoms with E-state index in [2.05, 4.69) is 59.7 Å². The van der Waals surface area contributed by atoms with Gasteiger partial charge in [0, 0.05) is 6.54 Å². The van der Waals surface area contributed by atoms with Gasteiger partial charge >= 0.3 is 45.4 Å². The largest absolute Gasteiger partial charge is 0.511 e. The second-order valence-corrected chi connectivity index (χ2v) is 15.7. The SMILES string of the molecule is CC1c2cccc3cccc(c23)C1C.CCC(C)(C)C(=O)OCCNS(=O)(=O)C(F)(F)F.CCC(C)c1ccc(COC(=O)C(O)(C(F)(F)F)C(F)(F)F)cc1. The monoisotopic (exact) mass is 831 g/mol. The summed E-state index contributed by atoms with van der Waals surface area (Å²) in [7, 11) is -5.38. The summed E-state index contributed by atoms with van der Waals surface area (Å²) in [5.74, 6) is -1.82. The summed E-state index contributed by atoms with van der Waals surface area (Å²) in [6.07, 6.45) is -11.1. The van der Waals surface area contributed by atoms with Gasteiger partial charge in [-0.25, -0.2) is 17.9 Å². The molecule has 3 aromatic rings. The number of nitrogens with one attached hydrogen (secondary N) is 1. The van der Waals surface area contributed by atoms with E-state index in [4.69, 9.17) is 5.11 Å². The Labute approximate surface area is 319 Å². The van der Waals surface area contributed by atoms with Gasteiger partial charge in [0.05, 0.1) is 5.41 Å². The first-order chi connectivity index (χ1) is 25.6. The van der Waals surface area contributed by atoms with Crippen molar-refractivity contribution in [1.82, 2.24) is 4.72 Å². The van der Waals surface area contributed by atoms with Gasteiger partial charge in [-0.3, -0.25) is 4.79 Å². The van der Waals surface area contributed by atoms with E-state index in [9.17, 15) is 57.5 Å². The number of sulfonamides is 1. The molecule has 0 amide bonds. The van der Waals surface area contributed by atoms with E-state index in [1.165, 1.54) is 38.8 Å². The van der Waals surface area contributed by atoms with Crippen LogP contribution in [0.4, 0.5) is 39.5 Å². The minimum atomic E-state index is -6.25. The Kier molecular flexibility index (Phi) is 16.0. The van der Waals surface area contributed by atoms with Gasteiger partial charge in [0.25, 0.3) is 0 Å². The van der Waals surface area contributed by atoms with Crippen molar-refractivity contribution in [2.45, 2.75) is 109 Å². The first kappa shape index (κ1) is 48.2. The molecular formula is C38H46F9NO7S. The van der Waals surface area contributed by atoms with Gasteiger partial charge in [0.2, 0.25) is 0 Å². The van der Waals surface area contributed by atoms with E-state index >= 15 is 0 Å². The third-order valence-corrected chi connectivity index (χ3v) is 10.9. The second-order valence-electron chi connectivity index (χ2n) is 13.9. The number of rotatable bonds is 11. The molecule has 56 heavy (non-hydrogen) atoms. The van der Waals surface area contributed by atoms with Crippen LogP contribution in [-0.4, -0.2) is 62.1 Å². The Morgan fingerprint density at radius 2 is 1.27 bits per heavy atom. The van der Waals surface area contributed by atoms with E-state index in [0.29, 0.717) is 18.3 Å². The normalized spacial score (nSPS) is 16.6. The standard InChI is InChI=1S/C15H16F6O3.C14H14.C9H16F3NO4S/c1-3-9(2)11-6-4-10(5-7-11)8-24-12(22)13(23,14(16,17)18)15(19,20)21;1-9-10(2)13-8-4-6-11-5-3-7-12(9)14(11)13;1-4-8(2,3)7(14)17-6-5-13-18(15,16)9(10,11)12/h4-7,9,23H,3,8H2,1-2H3;3-10H,1-2H3;13H,4-6H2,1-3H3. The van der Waals surface area contributed by atoms with Gasteiger partial charge < -0.3 is 14.6 Å². The van der Waals surface area contributed by atoms with Gasteiger partial charge in [-0.15, -0.1) is 0 Å². The molecule has 0 heterocycles. The topological polar surface area (TPSA) is 119 Å². The zero-order valence-electron chi connectivity index (χ0n) is 31.7. The number of ether oxygens (including phenoxy) is 2. The van der Waals surface area contributed by atoms with Crippen LogP contribution in [0.2, 0.25) is 0 Å². The van der Waals surface area contributed by atoms with E-state index in [1.54, 1.807) is 32.9 Å². The lowest BCUT2D eigenvalue weighted by Gasteiger charge is -2.29. The van der Waals surface area contributed by atoms with Crippen LogP contribution in [0.3, 0.4) is 0 Å². The number of benzene rings is 3. The number of carbonyl (C=O) groups is 2. The molecule has 18 heteroatoms. The molecule has 0 spiro atoms. The minimum absolute atomic E-state index is 0.196. The highest BCUT2D eigenvalue weighted by Crippen LogP contribution is 2.46. The first-order valence-electron chi connectivity index (χ1n) is 17.4. The van der Waals surface area contributed by atoms with Crippen LogP contribution in [0.15, 0.2) is 60.7 Å². The smallest absolute Gasteiger partial charge is 0.464 e.